The summed E-state index contributed by atoms with van der Waals surface area (Å²) in [6.45, 7) is 0.315. The normalized spacial score (nSPS) is 13.1. The highest BCUT2D eigenvalue weighted by Crippen LogP contribution is 2.28. The molecule has 0 saturated heterocycles. The zero-order valence-corrected chi connectivity index (χ0v) is 12.8. The fraction of sp³-hybridized carbons (Fsp3) is 0.417. The Labute approximate surface area is 127 Å². The van der Waals surface area contributed by atoms with Crippen LogP contribution in [-0.2, 0) is 9.53 Å². The molecule has 8 heteroatoms. The minimum Gasteiger partial charge on any atom is -0.465 e. The van der Waals surface area contributed by atoms with Gasteiger partial charge in [0.1, 0.15) is 6.04 Å². The molecule has 0 radical (unpaired) electrons. The number of esters is 1. The van der Waals surface area contributed by atoms with E-state index in [2.05, 4.69) is 21.2 Å². The fourth-order valence-electron chi connectivity index (χ4n) is 1.50. The Kier molecular flexibility index (Phi) is 6.29. The smallest absolute Gasteiger partial charge is 0.401 e. The molecular formula is C12H12BrClF3NO2. The van der Waals surface area contributed by atoms with Crippen molar-refractivity contribution in [3.63, 3.8) is 0 Å². The SMILES string of the molecule is CCOC(=O)C(NCC(F)(F)F)c1cc(Br)ccc1Cl. The Balaban J connectivity index is 3.03. The molecule has 1 aromatic rings. The van der Waals surface area contributed by atoms with Crippen LogP contribution in [0.4, 0.5) is 13.2 Å². The first kappa shape index (κ1) is 17.3. The average molecular weight is 375 g/mol. The van der Waals surface area contributed by atoms with Gasteiger partial charge in [0.25, 0.3) is 0 Å². The van der Waals surface area contributed by atoms with Gasteiger partial charge in [-0.15, -0.1) is 0 Å². The molecule has 0 spiro atoms. The van der Waals surface area contributed by atoms with Gasteiger partial charge in [-0.25, -0.2) is 4.79 Å². The minimum atomic E-state index is -4.44. The van der Waals surface area contributed by atoms with Gasteiger partial charge in [-0.05, 0) is 30.7 Å². The van der Waals surface area contributed by atoms with E-state index in [4.69, 9.17) is 16.3 Å². The third kappa shape index (κ3) is 5.30. The Morgan fingerprint density at radius 2 is 2.15 bits per heavy atom. The van der Waals surface area contributed by atoms with Gasteiger partial charge < -0.3 is 4.74 Å². The Hall–Kier alpha value is -0.790. The predicted octanol–water partition coefficient (Wildman–Crippen LogP) is 3.86. The zero-order valence-electron chi connectivity index (χ0n) is 10.4. The maximum Gasteiger partial charge on any atom is 0.401 e. The molecule has 0 saturated carbocycles. The molecular weight excluding hydrogens is 362 g/mol. The van der Waals surface area contributed by atoms with E-state index in [-0.39, 0.29) is 17.2 Å². The number of nitrogens with one attached hydrogen (secondary N) is 1. The summed E-state index contributed by atoms with van der Waals surface area (Å²) in [4.78, 5) is 11.8. The summed E-state index contributed by atoms with van der Waals surface area (Å²) in [6.07, 6.45) is -4.44. The predicted molar refractivity (Wildman–Crippen MR) is 72.6 cm³/mol. The van der Waals surface area contributed by atoms with Crippen molar-refractivity contribution < 1.29 is 22.7 Å². The summed E-state index contributed by atoms with van der Waals surface area (Å²) in [7, 11) is 0. The molecule has 1 aromatic carbocycles. The summed E-state index contributed by atoms with van der Waals surface area (Å²) in [5.74, 6) is -0.809. The second-order valence-corrected chi connectivity index (χ2v) is 5.17. The Morgan fingerprint density at radius 3 is 2.70 bits per heavy atom. The molecule has 0 bridgehead atoms. The molecule has 0 fully saturated rings. The van der Waals surface area contributed by atoms with Gasteiger partial charge in [0.15, 0.2) is 0 Å². The van der Waals surface area contributed by atoms with Crippen LogP contribution in [0.3, 0.4) is 0 Å². The lowest BCUT2D eigenvalue weighted by Gasteiger charge is -2.20. The first-order chi connectivity index (χ1) is 9.24. The summed E-state index contributed by atoms with van der Waals surface area (Å²) in [6, 6.07) is 3.31. The van der Waals surface area contributed by atoms with Crippen LogP contribution in [0.5, 0.6) is 0 Å². The van der Waals surface area contributed by atoms with Crippen LogP contribution in [0.25, 0.3) is 0 Å². The quantitative estimate of drug-likeness (QED) is 0.796. The molecule has 1 rings (SSSR count). The van der Waals surface area contributed by atoms with E-state index in [1.54, 1.807) is 13.0 Å². The third-order valence-corrected chi connectivity index (χ3v) is 3.14. The molecule has 0 aliphatic carbocycles. The zero-order chi connectivity index (χ0) is 15.3. The van der Waals surface area contributed by atoms with E-state index in [1.165, 1.54) is 12.1 Å². The highest BCUT2D eigenvalue weighted by molar-refractivity contribution is 9.10. The van der Waals surface area contributed by atoms with Crippen LogP contribution >= 0.6 is 27.5 Å². The molecule has 0 heterocycles. The van der Waals surface area contributed by atoms with Gasteiger partial charge >= 0.3 is 12.1 Å². The number of hydrogen-bond donors (Lipinski definition) is 1. The highest BCUT2D eigenvalue weighted by Gasteiger charge is 2.32. The molecule has 0 amide bonds. The number of benzene rings is 1. The second kappa shape index (κ2) is 7.28. The van der Waals surface area contributed by atoms with Gasteiger partial charge in [-0.2, -0.15) is 13.2 Å². The lowest BCUT2D eigenvalue weighted by atomic mass is 10.1. The molecule has 1 unspecified atom stereocenters. The molecule has 1 N–H and O–H groups in total. The van der Waals surface area contributed by atoms with Gasteiger partial charge in [0.05, 0.1) is 13.2 Å². The number of carbonyl (C=O) groups excluding carboxylic acids is 1. The number of ether oxygens (including phenoxy) is 1. The van der Waals surface area contributed by atoms with Crippen LogP contribution in [0, 0.1) is 0 Å². The van der Waals surface area contributed by atoms with Gasteiger partial charge in [-0.3, -0.25) is 5.32 Å². The van der Waals surface area contributed by atoms with Crippen molar-refractivity contribution in [3.05, 3.63) is 33.3 Å². The molecule has 112 valence electrons. The van der Waals surface area contributed by atoms with Crippen molar-refractivity contribution in [2.75, 3.05) is 13.2 Å². The van der Waals surface area contributed by atoms with Gasteiger partial charge in [-0.1, -0.05) is 27.5 Å². The lowest BCUT2D eigenvalue weighted by molar-refractivity contribution is -0.149. The van der Waals surface area contributed by atoms with Crippen molar-refractivity contribution >= 4 is 33.5 Å². The van der Waals surface area contributed by atoms with E-state index < -0.39 is 24.7 Å². The topological polar surface area (TPSA) is 38.3 Å². The van der Waals surface area contributed by atoms with E-state index in [1.807, 2.05) is 0 Å². The molecule has 0 aromatic heterocycles. The molecule has 0 aliphatic rings. The lowest BCUT2D eigenvalue weighted by Crippen LogP contribution is -2.37. The number of rotatable bonds is 5. The summed E-state index contributed by atoms with van der Waals surface area (Å²) in [5.41, 5.74) is 0.226. The van der Waals surface area contributed by atoms with E-state index in [0.29, 0.717) is 4.47 Å². The van der Waals surface area contributed by atoms with Crippen molar-refractivity contribution in [1.29, 1.82) is 0 Å². The number of carbonyl (C=O) groups is 1. The number of hydrogen-bond acceptors (Lipinski definition) is 3. The summed E-state index contributed by atoms with van der Waals surface area (Å²) >= 11 is 9.12. The second-order valence-electron chi connectivity index (χ2n) is 3.85. The van der Waals surface area contributed by atoms with Gasteiger partial charge in [0.2, 0.25) is 0 Å². The Morgan fingerprint density at radius 1 is 1.50 bits per heavy atom. The standard InChI is InChI=1S/C12H12BrClF3NO2/c1-2-20-11(19)10(18-6-12(15,16)17)8-5-7(13)3-4-9(8)14/h3-5,10,18H,2,6H2,1H3. The fourth-order valence-corrected chi connectivity index (χ4v) is 2.10. The Bertz CT molecular complexity index is 482. The number of halogens is 5. The van der Waals surface area contributed by atoms with E-state index >= 15 is 0 Å². The van der Waals surface area contributed by atoms with Crippen molar-refractivity contribution in [2.24, 2.45) is 0 Å². The van der Waals surface area contributed by atoms with Crippen molar-refractivity contribution in [2.45, 2.75) is 19.1 Å². The molecule has 3 nitrogen and oxygen atoms in total. The maximum absolute atomic E-state index is 12.3. The number of alkyl halides is 3. The summed E-state index contributed by atoms with van der Waals surface area (Å²) < 4.78 is 42.3. The largest absolute Gasteiger partial charge is 0.465 e. The van der Waals surface area contributed by atoms with Crippen LogP contribution in [0.15, 0.2) is 22.7 Å². The van der Waals surface area contributed by atoms with E-state index in [0.717, 1.165) is 0 Å². The third-order valence-electron chi connectivity index (χ3n) is 2.30. The highest BCUT2D eigenvalue weighted by atomic mass is 79.9. The van der Waals surface area contributed by atoms with Crippen LogP contribution in [0.2, 0.25) is 5.02 Å². The maximum atomic E-state index is 12.3. The van der Waals surface area contributed by atoms with Crippen molar-refractivity contribution in [3.8, 4) is 0 Å². The average Bonchev–Trinajstić information content (AvgIpc) is 2.32. The van der Waals surface area contributed by atoms with Gasteiger partial charge in [0, 0.05) is 9.50 Å². The first-order valence-electron chi connectivity index (χ1n) is 5.66. The molecule has 0 aliphatic heterocycles. The monoisotopic (exact) mass is 373 g/mol. The van der Waals surface area contributed by atoms with E-state index in [9.17, 15) is 18.0 Å². The van der Waals surface area contributed by atoms with Crippen LogP contribution < -0.4 is 5.32 Å². The molecule has 1 atom stereocenters. The first-order valence-corrected chi connectivity index (χ1v) is 6.83. The minimum absolute atomic E-state index is 0.0641. The molecule has 20 heavy (non-hydrogen) atoms. The van der Waals surface area contributed by atoms with Crippen molar-refractivity contribution in [1.82, 2.24) is 5.32 Å². The summed E-state index contributed by atoms with van der Waals surface area (Å²) in [5, 5.41) is 2.31. The van der Waals surface area contributed by atoms with Crippen LogP contribution in [-0.4, -0.2) is 25.3 Å². The van der Waals surface area contributed by atoms with Crippen LogP contribution in [0.1, 0.15) is 18.5 Å².